The topological polar surface area (TPSA) is 0 Å². The van der Waals surface area contributed by atoms with Crippen molar-refractivity contribution in [3.05, 3.63) is 0 Å². The Balaban J connectivity index is 1.93. The van der Waals surface area contributed by atoms with Crippen LogP contribution in [0.15, 0.2) is 0 Å². The first-order valence-corrected chi connectivity index (χ1v) is 4.97. The maximum absolute atomic E-state index is 1.56. The van der Waals surface area contributed by atoms with Crippen LogP contribution in [0.1, 0.15) is 32.1 Å². The van der Waals surface area contributed by atoms with E-state index in [0.717, 1.165) is 11.8 Å². The summed E-state index contributed by atoms with van der Waals surface area (Å²) in [5.74, 6) is 2.31. The maximum Gasteiger partial charge on any atom is 0.120 e. The van der Waals surface area contributed by atoms with Crippen molar-refractivity contribution in [1.82, 2.24) is 0 Å². The third-order valence-corrected chi connectivity index (χ3v) is 3.47. The molecule has 0 spiro atoms. The smallest absolute Gasteiger partial charge is 0.0772 e. The molecule has 2 rings (SSSR count). The molecule has 56 valence electrons. The van der Waals surface area contributed by atoms with Gasteiger partial charge in [0, 0.05) is 0 Å². The van der Waals surface area contributed by atoms with Crippen LogP contribution in [0.4, 0.5) is 0 Å². The molecular formula is C9H17B. The van der Waals surface area contributed by atoms with E-state index in [1.54, 1.807) is 25.6 Å². The van der Waals surface area contributed by atoms with Crippen molar-refractivity contribution in [3.63, 3.8) is 0 Å². The van der Waals surface area contributed by atoms with Gasteiger partial charge < -0.3 is 0 Å². The van der Waals surface area contributed by atoms with E-state index in [1.807, 2.05) is 0 Å². The highest BCUT2D eigenvalue weighted by Gasteiger charge is 2.27. The summed E-state index contributed by atoms with van der Waals surface area (Å²) in [6, 6.07) is 0. The second-order valence-electron chi connectivity index (χ2n) is 4.09. The molecule has 0 bridgehead atoms. The lowest BCUT2D eigenvalue weighted by Gasteiger charge is -2.34. The number of fused-ring (bicyclic) bond motifs is 1. The second kappa shape index (κ2) is 2.98. The zero-order chi connectivity index (χ0) is 6.81. The van der Waals surface area contributed by atoms with Crippen LogP contribution in [0.2, 0.25) is 12.6 Å². The highest BCUT2D eigenvalue weighted by Crippen LogP contribution is 2.38. The fourth-order valence-electron chi connectivity index (χ4n) is 2.86. The molecule has 0 N–H and O–H groups in total. The molecule has 0 amide bonds. The van der Waals surface area contributed by atoms with E-state index >= 15 is 0 Å². The van der Waals surface area contributed by atoms with Gasteiger partial charge in [0.25, 0.3) is 0 Å². The second-order valence-corrected chi connectivity index (χ2v) is 4.09. The fourth-order valence-corrected chi connectivity index (χ4v) is 2.86. The Morgan fingerprint density at radius 3 is 2.50 bits per heavy atom. The zero-order valence-corrected chi connectivity index (χ0v) is 6.81. The molecule has 2 aliphatic rings. The average Bonchev–Trinajstić information content (AvgIpc) is 2.05. The predicted molar refractivity (Wildman–Crippen MR) is 46.8 cm³/mol. The summed E-state index contributed by atoms with van der Waals surface area (Å²) >= 11 is 0. The molecule has 1 heteroatoms. The molecule has 1 unspecified atom stereocenters. The first kappa shape index (κ1) is 6.76. The molecule has 1 saturated heterocycles. The van der Waals surface area contributed by atoms with E-state index in [0.29, 0.717) is 0 Å². The van der Waals surface area contributed by atoms with Crippen LogP contribution in [-0.2, 0) is 0 Å². The van der Waals surface area contributed by atoms with E-state index in [4.69, 9.17) is 0 Å². The summed E-state index contributed by atoms with van der Waals surface area (Å²) in [6.45, 7) is 0. The predicted octanol–water partition coefficient (Wildman–Crippen LogP) is 2.47. The van der Waals surface area contributed by atoms with Crippen molar-refractivity contribution in [2.75, 3.05) is 0 Å². The van der Waals surface area contributed by atoms with Crippen LogP contribution in [0.5, 0.6) is 0 Å². The summed E-state index contributed by atoms with van der Waals surface area (Å²) in [7, 11) is 1.53. The lowest BCUT2D eigenvalue weighted by Crippen LogP contribution is -2.24. The van der Waals surface area contributed by atoms with E-state index in [-0.39, 0.29) is 0 Å². The Hall–Kier alpha value is 0.0649. The highest BCUT2D eigenvalue weighted by molar-refractivity contribution is 6.35. The first-order valence-electron chi connectivity index (χ1n) is 4.97. The molecule has 1 saturated carbocycles. The number of hydrogen-bond acceptors (Lipinski definition) is 0. The van der Waals surface area contributed by atoms with Crippen molar-refractivity contribution < 1.29 is 0 Å². The van der Waals surface area contributed by atoms with Gasteiger partial charge in [-0.3, -0.25) is 0 Å². The molecule has 2 atom stereocenters. The fraction of sp³-hybridized carbons (Fsp3) is 1.00. The van der Waals surface area contributed by atoms with Gasteiger partial charge in [-0.25, -0.2) is 0 Å². The molecule has 1 aliphatic heterocycles. The van der Waals surface area contributed by atoms with Crippen molar-refractivity contribution >= 4 is 7.28 Å². The summed E-state index contributed by atoms with van der Waals surface area (Å²) in [5.41, 5.74) is 0. The Morgan fingerprint density at radius 1 is 0.900 bits per heavy atom. The summed E-state index contributed by atoms with van der Waals surface area (Å²) in [5, 5.41) is 0. The monoisotopic (exact) mass is 136 g/mol. The van der Waals surface area contributed by atoms with Gasteiger partial charge in [0.2, 0.25) is 0 Å². The summed E-state index contributed by atoms with van der Waals surface area (Å²) < 4.78 is 0. The van der Waals surface area contributed by atoms with Crippen molar-refractivity contribution in [2.24, 2.45) is 11.8 Å². The zero-order valence-electron chi connectivity index (χ0n) is 6.81. The third kappa shape index (κ3) is 1.23. The average molecular weight is 136 g/mol. The van der Waals surface area contributed by atoms with Crippen LogP contribution in [0.3, 0.4) is 0 Å². The Morgan fingerprint density at radius 2 is 1.70 bits per heavy atom. The van der Waals surface area contributed by atoms with Gasteiger partial charge in [-0.2, -0.15) is 0 Å². The molecule has 0 aromatic heterocycles. The molecule has 10 heavy (non-hydrogen) atoms. The van der Waals surface area contributed by atoms with Crippen LogP contribution in [0.25, 0.3) is 0 Å². The Bertz CT molecular complexity index is 85.3. The lowest BCUT2D eigenvalue weighted by atomic mass is 9.54. The van der Waals surface area contributed by atoms with Gasteiger partial charge in [0.15, 0.2) is 0 Å². The normalized spacial score (nSPS) is 40.0. The van der Waals surface area contributed by atoms with Gasteiger partial charge in [-0.05, 0) is 11.8 Å². The minimum Gasteiger partial charge on any atom is -0.0772 e. The largest absolute Gasteiger partial charge is 0.120 e. The van der Waals surface area contributed by atoms with Crippen molar-refractivity contribution in [2.45, 2.75) is 44.7 Å². The standard InChI is InChI=1S/C9H17B/c1-2-4-9-7-10-6-5-8(9)3-1/h8-10H,1-7H2/t8?,9-/m1/s1. The van der Waals surface area contributed by atoms with Crippen LogP contribution < -0.4 is 0 Å². The van der Waals surface area contributed by atoms with Crippen molar-refractivity contribution in [1.29, 1.82) is 0 Å². The first-order chi connectivity index (χ1) is 4.97. The quantitative estimate of drug-likeness (QED) is 0.448. The molecule has 0 aromatic carbocycles. The molecule has 1 aliphatic carbocycles. The van der Waals surface area contributed by atoms with Gasteiger partial charge in [0.1, 0.15) is 7.28 Å². The van der Waals surface area contributed by atoms with E-state index < -0.39 is 0 Å². The van der Waals surface area contributed by atoms with Crippen LogP contribution in [-0.4, -0.2) is 7.28 Å². The molecule has 0 radical (unpaired) electrons. The SMILES string of the molecule is B1CCC2CCCC[C@@H]2C1. The van der Waals surface area contributed by atoms with E-state index in [9.17, 15) is 0 Å². The van der Waals surface area contributed by atoms with Crippen molar-refractivity contribution in [3.8, 4) is 0 Å². The van der Waals surface area contributed by atoms with Gasteiger partial charge in [0.05, 0.1) is 0 Å². The minimum atomic E-state index is 1.16. The summed E-state index contributed by atoms with van der Waals surface area (Å²) in [4.78, 5) is 0. The third-order valence-electron chi connectivity index (χ3n) is 3.47. The van der Waals surface area contributed by atoms with Gasteiger partial charge in [-0.1, -0.05) is 44.7 Å². The van der Waals surface area contributed by atoms with Crippen LogP contribution >= 0.6 is 0 Å². The molecule has 0 nitrogen and oxygen atoms in total. The molecule has 1 heterocycles. The van der Waals surface area contributed by atoms with Gasteiger partial charge >= 0.3 is 0 Å². The molecular weight excluding hydrogens is 119 g/mol. The number of rotatable bonds is 0. The number of hydrogen-bond donors (Lipinski definition) is 0. The summed E-state index contributed by atoms with van der Waals surface area (Å²) in [6.07, 6.45) is 10.8. The Kier molecular flexibility index (Phi) is 2.01. The molecule has 2 fully saturated rings. The lowest BCUT2D eigenvalue weighted by molar-refractivity contribution is 0.239. The maximum atomic E-state index is 1.56. The highest BCUT2D eigenvalue weighted by atomic mass is 14.3. The van der Waals surface area contributed by atoms with Gasteiger partial charge in [-0.15, -0.1) is 0 Å². The molecule has 0 aromatic rings. The van der Waals surface area contributed by atoms with Crippen LogP contribution in [0, 0.1) is 11.8 Å². The van der Waals surface area contributed by atoms with E-state index in [2.05, 4.69) is 0 Å². The Labute approximate surface area is 64.6 Å². The minimum absolute atomic E-state index is 1.16. The van der Waals surface area contributed by atoms with E-state index in [1.165, 1.54) is 26.4 Å².